The van der Waals surface area contributed by atoms with Gasteiger partial charge in [0, 0.05) is 5.56 Å². The van der Waals surface area contributed by atoms with Crippen LogP contribution in [0.5, 0.6) is 0 Å². The minimum atomic E-state index is -0.626. The molecule has 1 N–H and O–H groups in total. The zero-order chi connectivity index (χ0) is 20.3. The van der Waals surface area contributed by atoms with Gasteiger partial charge in [-0.1, -0.05) is 50.2 Å². The van der Waals surface area contributed by atoms with Gasteiger partial charge in [-0.3, -0.25) is 4.79 Å². The molecule has 1 aromatic heterocycles. The van der Waals surface area contributed by atoms with E-state index < -0.39 is 6.04 Å². The van der Waals surface area contributed by atoms with Gasteiger partial charge in [0.2, 0.25) is 11.7 Å². The number of halogens is 1. The summed E-state index contributed by atoms with van der Waals surface area (Å²) in [4.78, 5) is 13.8. The maximum Gasteiger partial charge on any atom is 0.246 e. The number of amides is 1. The van der Waals surface area contributed by atoms with E-state index in [1.807, 2.05) is 31.2 Å². The molecule has 0 aliphatic rings. The molecule has 0 bridgehead atoms. The number of hydrogen-bond acceptors (Lipinski definition) is 4. The molecule has 0 unspecified atom stereocenters. The van der Waals surface area contributed by atoms with Crippen molar-refractivity contribution in [2.45, 2.75) is 45.7 Å². The number of rotatable bonds is 6. The Bertz CT molecular complexity index is 934. The summed E-state index contributed by atoms with van der Waals surface area (Å²) >= 11 is 0. The number of nitrogens with zero attached hydrogens (tertiary/aromatic N) is 4. The van der Waals surface area contributed by atoms with Crippen molar-refractivity contribution >= 4 is 5.91 Å². The molecule has 3 rings (SSSR count). The minimum absolute atomic E-state index is 0.240. The van der Waals surface area contributed by atoms with Crippen LogP contribution in [-0.4, -0.2) is 26.1 Å². The third-order valence-corrected chi connectivity index (χ3v) is 4.72. The first kappa shape index (κ1) is 19.7. The Morgan fingerprint density at radius 2 is 1.57 bits per heavy atom. The molecule has 2 aromatic carbocycles. The Kier molecular flexibility index (Phi) is 5.82. The lowest BCUT2D eigenvalue weighted by Crippen LogP contribution is -2.34. The third kappa shape index (κ3) is 4.42. The second kappa shape index (κ2) is 8.29. The molecule has 0 aliphatic heterocycles. The smallest absolute Gasteiger partial charge is 0.246 e. The molecule has 0 fully saturated rings. The van der Waals surface area contributed by atoms with Gasteiger partial charge in [-0.25, -0.2) is 4.39 Å². The van der Waals surface area contributed by atoms with Gasteiger partial charge >= 0.3 is 0 Å². The SMILES string of the molecule is CC(C)c1ccc(-c2nnn([C@@H](C)C(=O)N[C@H](C)c3ccc(F)cc3)n2)cc1. The quantitative estimate of drug-likeness (QED) is 0.699. The van der Waals surface area contributed by atoms with E-state index in [4.69, 9.17) is 0 Å². The van der Waals surface area contributed by atoms with Crippen LogP contribution in [0.3, 0.4) is 0 Å². The Labute approximate surface area is 163 Å². The van der Waals surface area contributed by atoms with Crippen LogP contribution in [0.4, 0.5) is 4.39 Å². The highest BCUT2D eigenvalue weighted by molar-refractivity contribution is 5.80. The summed E-state index contributed by atoms with van der Waals surface area (Å²) in [5.74, 6) is 0.374. The Morgan fingerprint density at radius 1 is 0.964 bits per heavy atom. The summed E-state index contributed by atoms with van der Waals surface area (Å²) in [6.07, 6.45) is 0. The first-order chi connectivity index (χ1) is 13.3. The lowest BCUT2D eigenvalue weighted by Gasteiger charge is -2.17. The molecule has 7 heteroatoms. The number of tetrazole rings is 1. The van der Waals surface area contributed by atoms with Gasteiger partial charge in [0.15, 0.2) is 0 Å². The summed E-state index contributed by atoms with van der Waals surface area (Å²) in [7, 11) is 0. The molecule has 28 heavy (non-hydrogen) atoms. The second-order valence-electron chi connectivity index (χ2n) is 7.17. The van der Waals surface area contributed by atoms with Crippen molar-refractivity contribution in [3.05, 3.63) is 65.5 Å². The number of aromatic nitrogens is 4. The van der Waals surface area contributed by atoms with Crippen molar-refractivity contribution in [2.24, 2.45) is 0 Å². The largest absolute Gasteiger partial charge is 0.348 e. The Morgan fingerprint density at radius 3 is 2.18 bits per heavy atom. The monoisotopic (exact) mass is 381 g/mol. The van der Waals surface area contributed by atoms with Crippen LogP contribution in [0.25, 0.3) is 11.4 Å². The molecule has 0 spiro atoms. The van der Waals surface area contributed by atoms with Gasteiger partial charge in [0.05, 0.1) is 6.04 Å². The summed E-state index contributed by atoms with van der Waals surface area (Å²) in [6, 6.07) is 13.2. The van der Waals surface area contributed by atoms with Crippen molar-refractivity contribution in [2.75, 3.05) is 0 Å². The highest BCUT2D eigenvalue weighted by Crippen LogP contribution is 2.20. The van der Waals surface area contributed by atoms with Gasteiger partial charge < -0.3 is 5.32 Å². The van der Waals surface area contributed by atoms with Crippen LogP contribution in [0.1, 0.15) is 56.8 Å². The standard InChI is InChI=1S/C21H24FN5O/c1-13(2)16-5-7-18(8-6-16)20-24-26-27(25-20)15(4)21(28)23-14(3)17-9-11-19(22)12-10-17/h5-15H,1-4H3,(H,23,28)/t14-,15+/m1/s1. The normalized spacial score (nSPS) is 13.4. The van der Waals surface area contributed by atoms with Crippen LogP contribution in [-0.2, 0) is 4.79 Å². The zero-order valence-electron chi connectivity index (χ0n) is 16.4. The highest BCUT2D eigenvalue weighted by Gasteiger charge is 2.21. The topological polar surface area (TPSA) is 72.7 Å². The van der Waals surface area contributed by atoms with E-state index in [0.29, 0.717) is 11.7 Å². The van der Waals surface area contributed by atoms with Crippen LogP contribution in [0.2, 0.25) is 0 Å². The third-order valence-electron chi connectivity index (χ3n) is 4.72. The number of hydrogen-bond donors (Lipinski definition) is 1. The van der Waals surface area contributed by atoms with E-state index in [-0.39, 0.29) is 17.8 Å². The fourth-order valence-corrected chi connectivity index (χ4v) is 2.80. The highest BCUT2D eigenvalue weighted by atomic mass is 19.1. The molecule has 0 saturated carbocycles. The van der Waals surface area contributed by atoms with E-state index >= 15 is 0 Å². The molecule has 3 aromatic rings. The number of carbonyl (C=O) groups excluding carboxylic acids is 1. The lowest BCUT2D eigenvalue weighted by molar-refractivity contribution is -0.125. The molecule has 0 saturated heterocycles. The summed E-state index contributed by atoms with van der Waals surface area (Å²) in [5.41, 5.74) is 2.90. The first-order valence-electron chi connectivity index (χ1n) is 9.31. The molecule has 2 atom stereocenters. The van der Waals surface area contributed by atoms with E-state index in [2.05, 4.69) is 34.6 Å². The van der Waals surface area contributed by atoms with Crippen molar-refractivity contribution in [1.82, 2.24) is 25.5 Å². The minimum Gasteiger partial charge on any atom is -0.348 e. The van der Waals surface area contributed by atoms with Gasteiger partial charge in [-0.15, -0.1) is 10.2 Å². The summed E-state index contributed by atoms with van der Waals surface area (Å²) in [5, 5.41) is 15.3. The molecule has 1 amide bonds. The molecule has 0 radical (unpaired) electrons. The average molecular weight is 381 g/mol. The predicted molar refractivity (Wildman–Crippen MR) is 105 cm³/mol. The van der Waals surface area contributed by atoms with Crippen molar-refractivity contribution in [1.29, 1.82) is 0 Å². The number of benzene rings is 2. The molecule has 1 heterocycles. The summed E-state index contributed by atoms with van der Waals surface area (Å²) < 4.78 is 13.1. The van der Waals surface area contributed by atoms with Gasteiger partial charge in [-0.05, 0) is 48.2 Å². The zero-order valence-corrected chi connectivity index (χ0v) is 16.4. The predicted octanol–water partition coefficient (Wildman–Crippen LogP) is 4.04. The molecule has 6 nitrogen and oxygen atoms in total. The number of carbonyl (C=O) groups is 1. The molecular formula is C21H24FN5O. The van der Waals surface area contributed by atoms with Gasteiger partial charge in [0.1, 0.15) is 11.9 Å². The van der Waals surface area contributed by atoms with E-state index in [9.17, 15) is 9.18 Å². The van der Waals surface area contributed by atoms with Crippen LogP contribution in [0, 0.1) is 5.82 Å². The Hall–Kier alpha value is -3.09. The van der Waals surface area contributed by atoms with Crippen molar-refractivity contribution < 1.29 is 9.18 Å². The first-order valence-corrected chi connectivity index (χ1v) is 9.31. The van der Waals surface area contributed by atoms with Gasteiger partial charge in [-0.2, -0.15) is 4.80 Å². The molecule has 146 valence electrons. The summed E-state index contributed by atoms with van der Waals surface area (Å²) in [6.45, 7) is 7.82. The molecule has 0 aliphatic carbocycles. The van der Waals surface area contributed by atoms with E-state index in [0.717, 1.165) is 11.1 Å². The van der Waals surface area contributed by atoms with Gasteiger partial charge in [0.25, 0.3) is 0 Å². The average Bonchev–Trinajstić information content (AvgIpc) is 3.18. The fourth-order valence-electron chi connectivity index (χ4n) is 2.80. The second-order valence-corrected chi connectivity index (χ2v) is 7.17. The van der Waals surface area contributed by atoms with E-state index in [1.165, 1.54) is 22.5 Å². The van der Waals surface area contributed by atoms with Crippen LogP contribution in [0.15, 0.2) is 48.5 Å². The maximum absolute atomic E-state index is 13.1. The van der Waals surface area contributed by atoms with Crippen molar-refractivity contribution in [3.8, 4) is 11.4 Å². The van der Waals surface area contributed by atoms with E-state index in [1.54, 1.807) is 19.1 Å². The number of nitrogens with one attached hydrogen (secondary N) is 1. The Balaban J connectivity index is 1.68. The van der Waals surface area contributed by atoms with Crippen molar-refractivity contribution in [3.63, 3.8) is 0 Å². The molecular weight excluding hydrogens is 357 g/mol. The fraction of sp³-hybridized carbons (Fsp3) is 0.333. The van der Waals surface area contributed by atoms with Crippen LogP contribution >= 0.6 is 0 Å². The maximum atomic E-state index is 13.1. The lowest BCUT2D eigenvalue weighted by atomic mass is 10.0. The van der Waals surface area contributed by atoms with Crippen LogP contribution < -0.4 is 5.32 Å².